The van der Waals surface area contributed by atoms with Gasteiger partial charge in [0.2, 0.25) is 0 Å². The van der Waals surface area contributed by atoms with Crippen LogP contribution >= 0.6 is 0 Å². The van der Waals surface area contributed by atoms with Gasteiger partial charge in [-0.1, -0.05) is 6.92 Å². The second-order valence-electron chi connectivity index (χ2n) is 5.34. The number of carbonyl (C=O) groups excluding carboxylic acids is 3. The van der Waals surface area contributed by atoms with E-state index in [0.717, 1.165) is 0 Å². The first-order valence-corrected chi connectivity index (χ1v) is 7.75. The van der Waals surface area contributed by atoms with Crippen LogP contribution in [-0.2, 0) is 28.8 Å². The largest absolute Gasteiger partial charge is 0.481 e. The van der Waals surface area contributed by atoms with E-state index in [0.29, 0.717) is 6.42 Å². The van der Waals surface area contributed by atoms with Crippen LogP contribution in [-0.4, -0.2) is 71.9 Å². The first-order valence-electron chi connectivity index (χ1n) is 7.75. The molecule has 0 fully saturated rings. The summed E-state index contributed by atoms with van der Waals surface area (Å²) < 4.78 is 0. The highest BCUT2D eigenvalue weighted by Crippen LogP contribution is 2.01. The van der Waals surface area contributed by atoms with Gasteiger partial charge in [-0.05, 0) is 27.2 Å². The van der Waals surface area contributed by atoms with Gasteiger partial charge in [0, 0.05) is 6.42 Å². The molecule has 0 radical (unpaired) electrons. The van der Waals surface area contributed by atoms with Gasteiger partial charge in [-0.15, -0.1) is 0 Å². The van der Waals surface area contributed by atoms with E-state index < -0.39 is 23.9 Å². The number of ketones is 3. The minimum atomic E-state index is -2.45. The van der Waals surface area contributed by atoms with Gasteiger partial charge in [-0.2, -0.15) is 0 Å². The summed E-state index contributed by atoms with van der Waals surface area (Å²) in [6.45, 7) is 5.48. The lowest BCUT2D eigenvalue weighted by Gasteiger charge is -2.10. The molecule has 0 heterocycles. The van der Waals surface area contributed by atoms with Crippen molar-refractivity contribution in [3.8, 4) is 0 Å². The first-order chi connectivity index (χ1) is 12.4. The summed E-state index contributed by atoms with van der Waals surface area (Å²) in [4.78, 5) is 58.4. The Kier molecular flexibility index (Phi) is 22.4. The van der Waals surface area contributed by atoms with Gasteiger partial charge in [0.05, 0.1) is 0 Å². The Morgan fingerprint density at radius 2 is 0.821 bits per heavy atom. The lowest BCUT2D eigenvalue weighted by Crippen LogP contribution is -2.26. The maximum Gasteiger partial charge on any atom is 0.310 e. The van der Waals surface area contributed by atoms with Crippen molar-refractivity contribution in [1.82, 2.24) is 0 Å². The molecule has 0 aliphatic carbocycles. The molecular formula is C16H28O12. The third kappa shape index (κ3) is 65.5. The number of carbonyl (C=O) groups is 6. The van der Waals surface area contributed by atoms with E-state index in [1.165, 1.54) is 20.8 Å². The third-order valence-corrected chi connectivity index (χ3v) is 1.79. The first kappa shape index (κ1) is 32.9. The van der Waals surface area contributed by atoms with Crippen LogP contribution in [0.5, 0.6) is 0 Å². The fourth-order valence-corrected chi connectivity index (χ4v) is 0.974. The molecule has 0 aromatic carbocycles. The summed E-state index contributed by atoms with van der Waals surface area (Å²) in [6, 6.07) is 0. The molecule has 0 spiro atoms. The molecule has 0 rings (SSSR count). The van der Waals surface area contributed by atoms with E-state index in [9.17, 15) is 28.8 Å². The summed E-state index contributed by atoms with van der Waals surface area (Å²) in [5.41, 5.74) is 0. The summed E-state index contributed by atoms with van der Waals surface area (Å²) in [5.74, 6) is -6.57. The van der Waals surface area contributed by atoms with E-state index in [-0.39, 0.29) is 43.0 Å². The molecule has 0 saturated heterocycles. The Bertz CT molecular complexity index is 418. The van der Waals surface area contributed by atoms with Gasteiger partial charge >= 0.3 is 17.9 Å². The lowest BCUT2D eigenvalue weighted by atomic mass is 10.3. The maximum absolute atomic E-state index is 9.87. The molecule has 0 aromatic rings. The Morgan fingerprint density at radius 1 is 0.607 bits per heavy atom. The number of aliphatic carboxylic acids is 3. The molecule has 12 heteroatoms. The van der Waals surface area contributed by atoms with Gasteiger partial charge in [-0.25, -0.2) is 0 Å². The molecule has 0 aliphatic rings. The minimum Gasteiger partial charge on any atom is -0.481 e. The lowest BCUT2D eigenvalue weighted by molar-refractivity contribution is -0.314. The molecule has 0 atom stereocenters. The van der Waals surface area contributed by atoms with Crippen LogP contribution in [0.1, 0.15) is 59.8 Å². The van der Waals surface area contributed by atoms with Gasteiger partial charge < -0.3 is 30.6 Å². The van der Waals surface area contributed by atoms with E-state index >= 15 is 0 Å². The molecule has 12 nitrogen and oxygen atoms in total. The second kappa shape index (κ2) is 19.1. The van der Waals surface area contributed by atoms with Gasteiger partial charge in [0.15, 0.2) is 0 Å². The molecule has 0 unspecified atom stereocenters. The van der Waals surface area contributed by atoms with Crippen LogP contribution in [0.3, 0.4) is 0 Å². The van der Waals surface area contributed by atoms with Crippen LogP contribution < -0.4 is 0 Å². The molecular weight excluding hydrogens is 384 g/mol. The number of carboxylic acid groups (broad SMARTS) is 3. The van der Waals surface area contributed by atoms with E-state index in [1.54, 1.807) is 6.92 Å². The van der Waals surface area contributed by atoms with Crippen molar-refractivity contribution >= 4 is 35.3 Å². The van der Waals surface area contributed by atoms with Crippen LogP contribution in [0.2, 0.25) is 0 Å². The molecule has 0 aromatic heterocycles. The monoisotopic (exact) mass is 412 g/mol. The molecule has 0 aliphatic heterocycles. The predicted octanol–water partition coefficient (Wildman–Crippen LogP) is -0.432. The van der Waals surface area contributed by atoms with Crippen molar-refractivity contribution in [3.63, 3.8) is 0 Å². The Morgan fingerprint density at radius 3 is 0.821 bits per heavy atom. The van der Waals surface area contributed by atoms with Crippen LogP contribution in [0.4, 0.5) is 0 Å². The van der Waals surface area contributed by atoms with Gasteiger partial charge in [0.1, 0.15) is 36.6 Å². The standard InChI is InChI=1S/3C4H6O3.C4H10O3/c3*1-3(5)2-4(6)7;1-2-3-4(5,6)7/h3*2H2,1H3,(H,6,7);5-7H,2-3H2,1H3. The predicted molar refractivity (Wildman–Crippen MR) is 93.1 cm³/mol. The summed E-state index contributed by atoms with van der Waals surface area (Å²) >= 11 is 0. The van der Waals surface area contributed by atoms with Crippen molar-refractivity contribution in [2.24, 2.45) is 0 Å². The normalized spacial score (nSPS) is 9.11. The molecule has 0 bridgehead atoms. The number of Topliss-reactive ketones (excluding diaryl/α,β-unsaturated/α-hetero) is 3. The van der Waals surface area contributed by atoms with Gasteiger partial charge in [0.25, 0.3) is 5.97 Å². The smallest absolute Gasteiger partial charge is 0.310 e. The quantitative estimate of drug-likeness (QED) is 0.220. The number of aliphatic hydroxyl groups is 3. The van der Waals surface area contributed by atoms with E-state index in [4.69, 9.17) is 30.6 Å². The zero-order valence-electron chi connectivity index (χ0n) is 16.2. The van der Waals surface area contributed by atoms with Crippen LogP contribution in [0, 0.1) is 0 Å². The topological polar surface area (TPSA) is 224 Å². The number of carboxylic acids is 3. The third-order valence-electron chi connectivity index (χ3n) is 1.79. The fourth-order valence-electron chi connectivity index (χ4n) is 0.974. The highest BCUT2D eigenvalue weighted by atomic mass is 16.7. The van der Waals surface area contributed by atoms with Crippen molar-refractivity contribution in [1.29, 1.82) is 0 Å². The zero-order valence-corrected chi connectivity index (χ0v) is 16.2. The van der Waals surface area contributed by atoms with Crippen LogP contribution in [0.25, 0.3) is 0 Å². The molecule has 0 amide bonds. The average molecular weight is 412 g/mol. The van der Waals surface area contributed by atoms with Crippen molar-refractivity contribution < 1.29 is 59.4 Å². The minimum absolute atomic E-state index is 0.00694. The Labute approximate surface area is 161 Å². The number of rotatable bonds is 8. The van der Waals surface area contributed by atoms with Crippen molar-refractivity contribution in [2.75, 3.05) is 0 Å². The zero-order chi connectivity index (χ0) is 23.5. The van der Waals surface area contributed by atoms with Crippen molar-refractivity contribution in [2.45, 2.75) is 65.8 Å². The van der Waals surface area contributed by atoms with Gasteiger partial charge in [-0.3, -0.25) is 28.8 Å². The fraction of sp³-hybridized carbons (Fsp3) is 0.625. The molecule has 164 valence electrons. The van der Waals surface area contributed by atoms with Crippen molar-refractivity contribution in [3.05, 3.63) is 0 Å². The van der Waals surface area contributed by atoms with E-state index in [1.807, 2.05) is 0 Å². The number of hydrogen-bond donors (Lipinski definition) is 6. The SMILES string of the molecule is CC(=O)CC(=O)O.CC(=O)CC(=O)O.CC(=O)CC(=O)O.CCCC(O)(O)O. The summed E-state index contributed by atoms with van der Waals surface area (Å²) in [5, 5.41) is 48.0. The Hall–Kier alpha value is -2.70. The average Bonchev–Trinajstić information content (AvgIpc) is 2.33. The van der Waals surface area contributed by atoms with Crippen LogP contribution in [0.15, 0.2) is 0 Å². The second-order valence-corrected chi connectivity index (χ2v) is 5.34. The highest BCUT2D eigenvalue weighted by Gasteiger charge is 2.14. The molecule has 0 saturated carbocycles. The van der Waals surface area contributed by atoms with E-state index in [2.05, 4.69) is 0 Å². The molecule has 6 N–H and O–H groups in total. The maximum atomic E-state index is 9.87. The number of hydrogen-bond acceptors (Lipinski definition) is 9. The summed E-state index contributed by atoms with van der Waals surface area (Å²) in [7, 11) is 0. The summed E-state index contributed by atoms with van der Waals surface area (Å²) in [6.07, 6.45) is -0.517. The highest BCUT2D eigenvalue weighted by molar-refractivity contribution is 5.93. The Balaban J connectivity index is -0.000000137. The molecule has 28 heavy (non-hydrogen) atoms.